The molecule has 0 saturated carbocycles. The first-order valence-corrected chi connectivity index (χ1v) is 7.08. The molecular weight excluding hydrogens is 266 g/mol. The van der Waals surface area contributed by atoms with Gasteiger partial charge in [0.15, 0.2) is 11.5 Å². The number of benzene rings is 1. The molecule has 2 aromatic rings. The van der Waals surface area contributed by atoms with E-state index in [-0.39, 0.29) is 0 Å². The lowest BCUT2D eigenvalue weighted by Gasteiger charge is -2.26. The molecule has 110 valence electrons. The summed E-state index contributed by atoms with van der Waals surface area (Å²) in [5, 5.41) is 0. The Labute approximate surface area is 124 Å². The summed E-state index contributed by atoms with van der Waals surface area (Å²) in [5.74, 6) is 2.92. The van der Waals surface area contributed by atoms with Crippen LogP contribution in [0.4, 0.5) is 0 Å². The van der Waals surface area contributed by atoms with Crippen LogP contribution in [0.3, 0.4) is 0 Å². The molecule has 0 saturated heterocycles. The molecule has 0 N–H and O–H groups in total. The number of hydrogen-bond acceptors (Lipinski definition) is 4. The summed E-state index contributed by atoms with van der Waals surface area (Å²) in [6.07, 6.45) is 3.62. The molecule has 1 atom stereocenters. The van der Waals surface area contributed by atoms with Crippen LogP contribution in [0, 0.1) is 5.92 Å². The van der Waals surface area contributed by atoms with Gasteiger partial charge in [-0.2, -0.15) is 0 Å². The van der Waals surface area contributed by atoms with Crippen molar-refractivity contribution in [3.63, 3.8) is 0 Å². The van der Waals surface area contributed by atoms with Gasteiger partial charge in [0, 0.05) is 12.1 Å². The van der Waals surface area contributed by atoms with Crippen LogP contribution in [-0.4, -0.2) is 25.8 Å². The fourth-order valence-electron chi connectivity index (χ4n) is 2.78. The third-order valence-electron chi connectivity index (χ3n) is 3.80. The lowest BCUT2D eigenvalue weighted by molar-refractivity contribution is 0.209. The van der Waals surface area contributed by atoms with E-state index in [4.69, 9.17) is 14.2 Å². The zero-order valence-corrected chi connectivity index (χ0v) is 12.3. The SMILES string of the molecule is COc1cccnc1C[C@H]1COc2c(cccc2OC)C1. The summed E-state index contributed by atoms with van der Waals surface area (Å²) in [6, 6.07) is 9.87. The maximum atomic E-state index is 5.91. The van der Waals surface area contributed by atoms with Gasteiger partial charge < -0.3 is 14.2 Å². The van der Waals surface area contributed by atoms with Crippen molar-refractivity contribution in [2.24, 2.45) is 5.92 Å². The highest BCUT2D eigenvalue weighted by Gasteiger charge is 2.24. The van der Waals surface area contributed by atoms with Crippen molar-refractivity contribution in [1.29, 1.82) is 0 Å². The van der Waals surface area contributed by atoms with Gasteiger partial charge in [-0.05, 0) is 36.6 Å². The van der Waals surface area contributed by atoms with Crippen LogP contribution in [0.15, 0.2) is 36.5 Å². The summed E-state index contributed by atoms with van der Waals surface area (Å²) < 4.78 is 16.6. The van der Waals surface area contributed by atoms with E-state index in [0.29, 0.717) is 12.5 Å². The number of ether oxygens (including phenoxy) is 3. The van der Waals surface area contributed by atoms with Gasteiger partial charge in [-0.15, -0.1) is 0 Å². The van der Waals surface area contributed by atoms with Gasteiger partial charge in [-0.1, -0.05) is 12.1 Å². The van der Waals surface area contributed by atoms with Crippen molar-refractivity contribution in [2.45, 2.75) is 12.8 Å². The molecule has 4 heteroatoms. The van der Waals surface area contributed by atoms with E-state index in [1.165, 1.54) is 5.56 Å². The van der Waals surface area contributed by atoms with Gasteiger partial charge in [-0.25, -0.2) is 0 Å². The van der Waals surface area contributed by atoms with E-state index in [1.807, 2.05) is 24.3 Å². The van der Waals surface area contributed by atoms with Crippen LogP contribution < -0.4 is 14.2 Å². The molecule has 3 rings (SSSR count). The smallest absolute Gasteiger partial charge is 0.164 e. The lowest BCUT2D eigenvalue weighted by atomic mass is 9.92. The molecule has 2 heterocycles. The summed E-state index contributed by atoms with van der Waals surface area (Å²) in [5.41, 5.74) is 2.18. The van der Waals surface area contributed by atoms with E-state index in [1.54, 1.807) is 20.4 Å². The Morgan fingerprint density at radius 1 is 1.14 bits per heavy atom. The van der Waals surface area contributed by atoms with Crippen LogP contribution in [-0.2, 0) is 12.8 Å². The Hall–Kier alpha value is -2.23. The number of nitrogens with zero attached hydrogens (tertiary/aromatic N) is 1. The summed E-state index contributed by atoms with van der Waals surface area (Å²) in [6.45, 7) is 0.674. The Morgan fingerprint density at radius 2 is 1.95 bits per heavy atom. The molecule has 1 aromatic carbocycles. The molecule has 1 aliphatic rings. The van der Waals surface area contributed by atoms with Crippen molar-refractivity contribution in [2.75, 3.05) is 20.8 Å². The number of para-hydroxylation sites is 1. The summed E-state index contributed by atoms with van der Waals surface area (Å²) in [4.78, 5) is 4.43. The second-order valence-electron chi connectivity index (χ2n) is 5.19. The van der Waals surface area contributed by atoms with Crippen molar-refractivity contribution < 1.29 is 14.2 Å². The first kappa shape index (κ1) is 13.7. The Bertz CT molecular complexity index is 627. The van der Waals surface area contributed by atoms with Crippen LogP contribution >= 0.6 is 0 Å². The van der Waals surface area contributed by atoms with E-state index in [0.717, 1.165) is 35.8 Å². The number of hydrogen-bond donors (Lipinski definition) is 0. The fourth-order valence-corrected chi connectivity index (χ4v) is 2.78. The average molecular weight is 285 g/mol. The minimum atomic E-state index is 0.397. The van der Waals surface area contributed by atoms with E-state index in [2.05, 4.69) is 11.1 Å². The number of fused-ring (bicyclic) bond motifs is 1. The van der Waals surface area contributed by atoms with E-state index < -0.39 is 0 Å². The highest BCUT2D eigenvalue weighted by Crippen LogP contribution is 2.37. The number of aromatic nitrogens is 1. The zero-order chi connectivity index (χ0) is 14.7. The predicted octanol–water partition coefficient (Wildman–Crippen LogP) is 2.89. The minimum Gasteiger partial charge on any atom is -0.495 e. The van der Waals surface area contributed by atoms with Crippen molar-refractivity contribution in [3.05, 3.63) is 47.8 Å². The van der Waals surface area contributed by atoms with E-state index >= 15 is 0 Å². The van der Waals surface area contributed by atoms with Crippen LogP contribution in [0.2, 0.25) is 0 Å². The van der Waals surface area contributed by atoms with Crippen molar-refractivity contribution in [1.82, 2.24) is 4.98 Å². The summed E-state index contributed by atoms with van der Waals surface area (Å²) in [7, 11) is 3.35. The average Bonchev–Trinajstić information content (AvgIpc) is 2.54. The maximum absolute atomic E-state index is 5.91. The van der Waals surface area contributed by atoms with Gasteiger partial charge in [0.2, 0.25) is 0 Å². The largest absolute Gasteiger partial charge is 0.495 e. The van der Waals surface area contributed by atoms with Crippen LogP contribution in [0.5, 0.6) is 17.2 Å². The standard InChI is InChI=1S/C17H19NO3/c1-19-15-7-4-8-18-14(15)10-12-9-13-5-3-6-16(20-2)17(13)21-11-12/h3-8,12H,9-11H2,1-2H3/t12-/m0/s1. The molecule has 0 bridgehead atoms. The highest BCUT2D eigenvalue weighted by atomic mass is 16.5. The van der Waals surface area contributed by atoms with Crippen LogP contribution in [0.25, 0.3) is 0 Å². The second-order valence-corrected chi connectivity index (χ2v) is 5.19. The lowest BCUT2D eigenvalue weighted by Crippen LogP contribution is -2.23. The van der Waals surface area contributed by atoms with Gasteiger partial charge in [-0.3, -0.25) is 4.98 Å². The molecule has 1 aromatic heterocycles. The van der Waals surface area contributed by atoms with Gasteiger partial charge in [0.05, 0.1) is 26.5 Å². The molecule has 0 aliphatic carbocycles. The number of pyridine rings is 1. The molecule has 1 aliphatic heterocycles. The van der Waals surface area contributed by atoms with Crippen molar-refractivity contribution >= 4 is 0 Å². The monoisotopic (exact) mass is 285 g/mol. The molecule has 21 heavy (non-hydrogen) atoms. The topological polar surface area (TPSA) is 40.6 Å². The van der Waals surface area contributed by atoms with Gasteiger partial charge in [0.25, 0.3) is 0 Å². The van der Waals surface area contributed by atoms with Crippen LogP contribution in [0.1, 0.15) is 11.3 Å². The first-order valence-electron chi connectivity index (χ1n) is 7.08. The third-order valence-corrected chi connectivity index (χ3v) is 3.80. The number of rotatable bonds is 4. The van der Waals surface area contributed by atoms with Gasteiger partial charge in [0.1, 0.15) is 5.75 Å². The first-order chi connectivity index (χ1) is 10.3. The fraction of sp³-hybridized carbons (Fsp3) is 0.353. The molecule has 0 amide bonds. The normalized spacial score (nSPS) is 16.8. The Morgan fingerprint density at radius 3 is 2.76 bits per heavy atom. The van der Waals surface area contributed by atoms with Gasteiger partial charge >= 0.3 is 0 Å². The predicted molar refractivity (Wildman–Crippen MR) is 80.2 cm³/mol. The molecular formula is C17H19NO3. The highest BCUT2D eigenvalue weighted by molar-refractivity contribution is 5.47. The van der Waals surface area contributed by atoms with Crippen molar-refractivity contribution in [3.8, 4) is 17.2 Å². The molecule has 0 fully saturated rings. The quantitative estimate of drug-likeness (QED) is 0.866. The third kappa shape index (κ3) is 2.79. The summed E-state index contributed by atoms with van der Waals surface area (Å²) >= 11 is 0. The molecule has 0 radical (unpaired) electrons. The maximum Gasteiger partial charge on any atom is 0.164 e. The number of methoxy groups -OCH3 is 2. The second kappa shape index (κ2) is 6.04. The molecule has 0 spiro atoms. The zero-order valence-electron chi connectivity index (χ0n) is 12.3. The Kier molecular flexibility index (Phi) is 3.95. The minimum absolute atomic E-state index is 0.397. The Balaban J connectivity index is 1.78. The van der Waals surface area contributed by atoms with E-state index in [9.17, 15) is 0 Å². The molecule has 4 nitrogen and oxygen atoms in total. The molecule has 0 unspecified atom stereocenters.